The maximum Gasteiger partial charge on any atom is 0.255 e. The van der Waals surface area contributed by atoms with Crippen LogP contribution in [0.4, 0.5) is 5.69 Å². The van der Waals surface area contributed by atoms with Gasteiger partial charge in [-0.25, -0.2) is 9.50 Å². The number of aromatic amines is 1. The van der Waals surface area contributed by atoms with Gasteiger partial charge in [0.25, 0.3) is 5.91 Å². The lowest BCUT2D eigenvalue weighted by Gasteiger charge is -2.06. The van der Waals surface area contributed by atoms with Crippen LogP contribution in [-0.2, 0) is 0 Å². The molecule has 0 bridgehead atoms. The molecule has 0 aliphatic rings. The first kappa shape index (κ1) is 15.3. The molecule has 0 unspecified atom stereocenters. The summed E-state index contributed by atoms with van der Waals surface area (Å²) < 4.78 is 1.76. The molecule has 5 aromatic rings. The largest absolute Gasteiger partial charge is 0.346 e. The highest BCUT2D eigenvalue weighted by Gasteiger charge is 2.12. The predicted octanol–water partition coefficient (Wildman–Crippen LogP) is 4.13. The molecular formula is C21H15N5O. The van der Waals surface area contributed by atoms with E-state index in [9.17, 15) is 4.79 Å². The molecule has 0 fully saturated rings. The Morgan fingerprint density at radius 3 is 2.81 bits per heavy atom. The monoisotopic (exact) mass is 353 g/mol. The van der Waals surface area contributed by atoms with E-state index in [4.69, 9.17) is 0 Å². The van der Waals surface area contributed by atoms with Crippen molar-refractivity contribution in [2.24, 2.45) is 0 Å². The zero-order valence-corrected chi connectivity index (χ0v) is 14.3. The van der Waals surface area contributed by atoms with Crippen molar-refractivity contribution >= 4 is 28.1 Å². The van der Waals surface area contributed by atoms with Crippen molar-refractivity contribution in [1.29, 1.82) is 0 Å². The van der Waals surface area contributed by atoms with Crippen molar-refractivity contribution in [1.82, 2.24) is 19.6 Å². The molecule has 4 heterocycles. The molecule has 0 saturated carbocycles. The average molecular weight is 353 g/mol. The van der Waals surface area contributed by atoms with Gasteiger partial charge in [0, 0.05) is 46.4 Å². The molecular weight excluding hydrogens is 338 g/mol. The summed E-state index contributed by atoms with van der Waals surface area (Å²) in [5, 5.41) is 8.34. The zero-order chi connectivity index (χ0) is 18.2. The number of nitrogens with one attached hydrogen (secondary N) is 2. The number of nitrogens with zero attached hydrogens (tertiary/aromatic N) is 3. The molecule has 5 rings (SSSR count). The van der Waals surface area contributed by atoms with Gasteiger partial charge < -0.3 is 10.3 Å². The first-order valence-electron chi connectivity index (χ1n) is 8.55. The van der Waals surface area contributed by atoms with Gasteiger partial charge >= 0.3 is 0 Å². The zero-order valence-electron chi connectivity index (χ0n) is 14.3. The average Bonchev–Trinajstić information content (AvgIpc) is 3.34. The van der Waals surface area contributed by atoms with E-state index in [0.29, 0.717) is 5.56 Å². The number of anilines is 1. The van der Waals surface area contributed by atoms with E-state index in [2.05, 4.69) is 26.4 Å². The van der Waals surface area contributed by atoms with Gasteiger partial charge in [0.2, 0.25) is 0 Å². The van der Waals surface area contributed by atoms with Crippen LogP contribution in [0.3, 0.4) is 0 Å². The minimum atomic E-state index is -0.157. The number of amides is 1. The lowest BCUT2D eigenvalue weighted by molar-refractivity contribution is 0.102. The smallest absolute Gasteiger partial charge is 0.255 e. The Hall–Kier alpha value is -3.93. The minimum absolute atomic E-state index is 0.157. The number of carbonyl (C=O) groups excluding carboxylic acids is 1. The Kier molecular flexibility index (Phi) is 3.47. The normalized spacial score (nSPS) is 11.1. The number of hydrogen-bond acceptors (Lipinski definition) is 3. The fourth-order valence-corrected chi connectivity index (χ4v) is 3.16. The Labute approximate surface area is 154 Å². The van der Waals surface area contributed by atoms with Crippen LogP contribution in [0, 0.1) is 0 Å². The van der Waals surface area contributed by atoms with Gasteiger partial charge in [-0.3, -0.25) is 4.79 Å². The van der Waals surface area contributed by atoms with Gasteiger partial charge in [-0.1, -0.05) is 18.2 Å². The van der Waals surface area contributed by atoms with Gasteiger partial charge in [0.1, 0.15) is 5.65 Å². The molecule has 0 aliphatic carbocycles. The number of carbonyl (C=O) groups is 1. The first-order valence-corrected chi connectivity index (χ1v) is 8.55. The SMILES string of the molecule is O=C(Nc1ccccc1)c1ccn2ncc(-c3cnc4[nH]ccc4c3)c2c1. The second-order valence-electron chi connectivity index (χ2n) is 6.26. The second-order valence-corrected chi connectivity index (χ2v) is 6.26. The quantitative estimate of drug-likeness (QED) is 0.512. The van der Waals surface area contributed by atoms with Crippen LogP contribution in [0.5, 0.6) is 0 Å². The van der Waals surface area contributed by atoms with Crippen LogP contribution in [0.1, 0.15) is 10.4 Å². The Bertz CT molecular complexity index is 1270. The van der Waals surface area contributed by atoms with Crippen molar-refractivity contribution in [2.45, 2.75) is 0 Å². The summed E-state index contributed by atoms with van der Waals surface area (Å²) in [5.41, 5.74) is 4.92. The molecule has 1 aromatic carbocycles. The number of H-pyrrole nitrogens is 1. The van der Waals surface area contributed by atoms with E-state index in [1.54, 1.807) is 23.0 Å². The van der Waals surface area contributed by atoms with Gasteiger partial charge in [0.15, 0.2) is 0 Å². The van der Waals surface area contributed by atoms with Crippen molar-refractivity contribution in [3.05, 3.63) is 84.9 Å². The van der Waals surface area contributed by atoms with Crippen molar-refractivity contribution in [2.75, 3.05) is 5.32 Å². The number of para-hydroxylation sites is 1. The summed E-state index contributed by atoms with van der Waals surface area (Å²) in [5.74, 6) is -0.157. The number of benzene rings is 1. The third-order valence-electron chi connectivity index (χ3n) is 4.53. The number of aromatic nitrogens is 4. The number of fused-ring (bicyclic) bond motifs is 2. The molecule has 0 aliphatic heterocycles. The Morgan fingerprint density at radius 1 is 1.04 bits per heavy atom. The summed E-state index contributed by atoms with van der Waals surface area (Å²) in [6, 6.07) is 17.1. The fourth-order valence-electron chi connectivity index (χ4n) is 3.16. The van der Waals surface area contributed by atoms with E-state index in [1.807, 2.05) is 54.9 Å². The third kappa shape index (κ3) is 2.73. The molecule has 0 radical (unpaired) electrons. The molecule has 1 amide bonds. The second kappa shape index (κ2) is 6.10. The Morgan fingerprint density at radius 2 is 1.93 bits per heavy atom. The van der Waals surface area contributed by atoms with Crippen LogP contribution in [0.15, 0.2) is 79.4 Å². The van der Waals surface area contributed by atoms with E-state index < -0.39 is 0 Å². The van der Waals surface area contributed by atoms with E-state index in [-0.39, 0.29) is 5.91 Å². The number of rotatable bonds is 3. The standard InChI is InChI=1S/C21H15N5O/c27-21(25-17-4-2-1-3-5-17)15-7-9-26-19(11-15)18(13-24-26)16-10-14-6-8-22-20(14)23-12-16/h1-13H,(H,22,23)(H,25,27). The van der Waals surface area contributed by atoms with E-state index in [1.165, 1.54) is 0 Å². The van der Waals surface area contributed by atoms with Crippen LogP contribution < -0.4 is 5.32 Å². The van der Waals surface area contributed by atoms with Crippen LogP contribution in [-0.4, -0.2) is 25.5 Å². The summed E-state index contributed by atoms with van der Waals surface area (Å²) in [7, 11) is 0. The topological polar surface area (TPSA) is 75.1 Å². The maximum atomic E-state index is 12.6. The molecule has 4 aromatic heterocycles. The van der Waals surface area contributed by atoms with Gasteiger partial charge in [-0.15, -0.1) is 0 Å². The van der Waals surface area contributed by atoms with Crippen molar-refractivity contribution in [3.8, 4) is 11.1 Å². The predicted molar refractivity (Wildman–Crippen MR) is 105 cm³/mol. The molecule has 6 nitrogen and oxygen atoms in total. The third-order valence-corrected chi connectivity index (χ3v) is 4.53. The summed E-state index contributed by atoms with van der Waals surface area (Å²) >= 11 is 0. The van der Waals surface area contributed by atoms with Crippen LogP contribution >= 0.6 is 0 Å². The summed E-state index contributed by atoms with van der Waals surface area (Å²) in [6.07, 6.45) is 7.26. The Balaban J connectivity index is 1.55. The molecule has 0 spiro atoms. The van der Waals surface area contributed by atoms with Gasteiger partial charge in [-0.2, -0.15) is 5.10 Å². The number of pyridine rings is 2. The lowest BCUT2D eigenvalue weighted by Crippen LogP contribution is -2.12. The highest BCUT2D eigenvalue weighted by molar-refractivity contribution is 6.05. The summed E-state index contributed by atoms with van der Waals surface area (Å²) in [6.45, 7) is 0. The molecule has 0 saturated heterocycles. The molecule has 27 heavy (non-hydrogen) atoms. The lowest BCUT2D eigenvalue weighted by atomic mass is 10.1. The van der Waals surface area contributed by atoms with Crippen LogP contribution in [0.2, 0.25) is 0 Å². The summed E-state index contributed by atoms with van der Waals surface area (Å²) in [4.78, 5) is 20.1. The first-order chi connectivity index (χ1) is 13.3. The molecule has 2 N–H and O–H groups in total. The minimum Gasteiger partial charge on any atom is -0.346 e. The molecule has 130 valence electrons. The van der Waals surface area contributed by atoms with E-state index >= 15 is 0 Å². The molecule has 6 heteroatoms. The highest BCUT2D eigenvalue weighted by atomic mass is 16.1. The highest BCUT2D eigenvalue weighted by Crippen LogP contribution is 2.27. The van der Waals surface area contributed by atoms with Gasteiger partial charge in [0.05, 0.1) is 11.7 Å². The number of hydrogen-bond donors (Lipinski definition) is 2. The van der Waals surface area contributed by atoms with E-state index in [0.717, 1.165) is 33.4 Å². The maximum absolute atomic E-state index is 12.6. The van der Waals surface area contributed by atoms with Crippen molar-refractivity contribution in [3.63, 3.8) is 0 Å². The van der Waals surface area contributed by atoms with Gasteiger partial charge in [-0.05, 0) is 36.4 Å². The van der Waals surface area contributed by atoms with Crippen molar-refractivity contribution < 1.29 is 4.79 Å². The van der Waals surface area contributed by atoms with Crippen LogP contribution in [0.25, 0.3) is 27.7 Å². The molecule has 0 atom stereocenters. The fraction of sp³-hybridized carbons (Fsp3) is 0.